The van der Waals surface area contributed by atoms with E-state index in [4.69, 9.17) is 15.0 Å². The molecule has 6 heteroatoms. The van der Waals surface area contributed by atoms with Crippen LogP contribution in [0.1, 0.15) is 27.7 Å². The second-order valence-electron chi connectivity index (χ2n) is 6.03. The van der Waals surface area contributed by atoms with Gasteiger partial charge >= 0.3 is 7.12 Å². The molecule has 0 spiro atoms. The van der Waals surface area contributed by atoms with Gasteiger partial charge in [-0.1, -0.05) is 0 Å². The molecule has 5 nitrogen and oxygen atoms in total. The lowest BCUT2D eigenvalue weighted by Gasteiger charge is -2.32. The molecular weight excluding hydrogens is 241 g/mol. The zero-order chi connectivity index (χ0) is 13.8. The predicted octanol–water partition coefficient (Wildman–Crippen LogP) is 1.44. The van der Waals surface area contributed by atoms with Gasteiger partial charge in [0, 0.05) is 11.1 Å². The number of benzene rings is 1. The molecule has 0 aliphatic carbocycles. The lowest BCUT2D eigenvalue weighted by Crippen LogP contribution is -2.41. The minimum absolute atomic E-state index is 0.363. The zero-order valence-electron chi connectivity index (χ0n) is 11.7. The van der Waals surface area contributed by atoms with E-state index in [1.54, 1.807) is 6.20 Å². The van der Waals surface area contributed by atoms with Gasteiger partial charge < -0.3 is 15.0 Å². The molecule has 0 radical (unpaired) electrons. The van der Waals surface area contributed by atoms with Crippen LogP contribution in [0.25, 0.3) is 10.9 Å². The standard InChI is InChI=1S/C13H18BN3O2/c1-12(2)13(3,4)19-14(18-12)10-5-8(15)6-11-9(10)7-16-17-11/h5-7H,15H2,1-4H3,(H,16,17). The fraction of sp³-hybridized carbons (Fsp3) is 0.462. The molecule has 0 amide bonds. The molecule has 2 aromatic rings. The van der Waals surface area contributed by atoms with E-state index in [1.165, 1.54) is 0 Å². The zero-order valence-corrected chi connectivity index (χ0v) is 11.7. The highest BCUT2D eigenvalue weighted by Crippen LogP contribution is 2.37. The first kappa shape index (κ1) is 12.5. The van der Waals surface area contributed by atoms with Crippen molar-refractivity contribution in [1.29, 1.82) is 0 Å². The van der Waals surface area contributed by atoms with Gasteiger partial charge in [0.15, 0.2) is 0 Å². The Balaban J connectivity index is 2.09. The van der Waals surface area contributed by atoms with Gasteiger partial charge in [-0.15, -0.1) is 0 Å². The summed E-state index contributed by atoms with van der Waals surface area (Å²) < 4.78 is 12.1. The molecule has 1 aromatic carbocycles. The summed E-state index contributed by atoms with van der Waals surface area (Å²) in [4.78, 5) is 0. The molecule has 0 atom stereocenters. The number of anilines is 1. The Bertz CT molecular complexity index is 620. The molecule has 19 heavy (non-hydrogen) atoms. The third kappa shape index (κ3) is 1.83. The monoisotopic (exact) mass is 259 g/mol. The smallest absolute Gasteiger partial charge is 0.399 e. The highest BCUT2D eigenvalue weighted by atomic mass is 16.7. The number of rotatable bonds is 1. The van der Waals surface area contributed by atoms with Crippen molar-refractivity contribution < 1.29 is 9.31 Å². The van der Waals surface area contributed by atoms with E-state index in [0.29, 0.717) is 5.69 Å². The fourth-order valence-electron chi connectivity index (χ4n) is 2.27. The minimum Gasteiger partial charge on any atom is -0.399 e. The molecule has 3 N–H and O–H groups in total. The number of aromatic nitrogens is 2. The molecular formula is C13H18BN3O2. The van der Waals surface area contributed by atoms with Gasteiger partial charge in [-0.3, -0.25) is 5.10 Å². The van der Waals surface area contributed by atoms with E-state index < -0.39 is 7.12 Å². The van der Waals surface area contributed by atoms with Crippen molar-refractivity contribution in [2.24, 2.45) is 0 Å². The van der Waals surface area contributed by atoms with Crippen LogP contribution < -0.4 is 11.2 Å². The van der Waals surface area contributed by atoms with Gasteiger partial charge in [-0.25, -0.2) is 0 Å². The van der Waals surface area contributed by atoms with Crippen molar-refractivity contribution in [3.8, 4) is 0 Å². The Labute approximate surface area is 112 Å². The molecule has 1 saturated heterocycles. The van der Waals surface area contributed by atoms with Crippen molar-refractivity contribution in [2.45, 2.75) is 38.9 Å². The molecule has 2 heterocycles. The van der Waals surface area contributed by atoms with Crippen LogP contribution in [-0.2, 0) is 9.31 Å². The molecule has 1 fully saturated rings. The Morgan fingerprint density at radius 1 is 1.16 bits per heavy atom. The number of nitrogens with zero attached hydrogens (tertiary/aromatic N) is 1. The van der Waals surface area contributed by atoms with E-state index in [-0.39, 0.29) is 11.2 Å². The number of nitrogens with two attached hydrogens (primary N) is 1. The van der Waals surface area contributed by atoms with E-state index >= 15 is 0 Å². The Morgan fingerprint density at radius 2 is 1.79 bits per heavy atom. The molecule has 3 rings (SSSR count). The van der Waals surface area contributed by atoms with Gasteiger partial charge in [-0.2, -0.15) is 5.10 Å². The van der Waals surface area contributed by atoms with Gasteiger partial charge in [-0.05, 0) is 45.3 Å². The lowest BCUT2D eigenvalue weighted by molar-refractivity contribution is 0.00578. The van der Waals surface area contributed by atoms with Crippen molar-refractivity contribution >= 4 is 29.2 Å². The summed E-state index contributed by atoms with van der Waals surface area (Å²) in [5, 5.41) is 7.96. The third-order valence-corrected chi connectivity index (χ3v) is 4.12. The van der Waals surface area contributed by atoms with E-state index in [0.717, 1.165) is 16.4 Å². The van der Waals surface area contributed by atoms with Crippen molar-refractivity contribution in [2.75, 3.05) is 5.73 Å². The topological polar surface area (TPSA) is 73.2 Å². The maximum atomic E-state index is 6.06. The molecule has 0 saturated carbocycles. The number of H-pyrrole nitrogens is 1. The molecule has 0 bridgehead atoms. The SMILES string of the molecule is CC1(C)OB(c2cc(N)cc3[nH]ncc23)OC1(C)C. The second kappa shape index (κ2) is 3.74. The summed E-state index contributed by atoms with van der Waals surface area (Å²) in [6, 6.07) is 3.75. The summed E-state index contributed by atoms with van der Waals surface area (Å²) in [5.41, 5.74) is 7.68. The van der Waals surface area contributed by atoms with E-state index in [1.807, 2.05) is 39.8 Å². The van der Waals surface area contributed by atoms with Gasteiger partial charge in [0.05, 0.1) is 22.9 Å². The van der Waals surface area contributed by atoms with Crippen LogP contribution in [-0.4, -0.2) is 28.5 Å². The van der Waals surface area contributed by atoms with Crippen LogP contribution in [0.4, 0.5) is 5.69 Å². The Morgan fingerprint density at radius 3 is 2.42 bits per heavy atom. The summed E-state index contributed by atoms with van der Waals surface area (Å²) in [6.45, 7) is 8.13. The summed E-state index contributed by atoms with van der Waals surface area (Å²) in [7, 11) is -0.423. The maximum absolute atomic E-state index is 6.06. The number of aromatic amines is 1. The summed E-state index contributed by atoms with van der Waals surface area (Å²) in [5.74, 6) is 0. The Kier molecular flexibility index (Phi) is 2.46. The molecule has 0 unspecified atom stereocenters. The average Bonchev–Trinajstić information content (AvgIpc) is 2.80. The number of hydrogen-bond donors (Lipinski definition) is 2. The molecule has 1 aliphatic rings. The van der Waals surface area contributed by atoms with E-state index in [9.17, 15) is 0 Å². The maximum Gasteiger partial charge on any atom is 0.495 e. The highest BCUT2D eigenvalue weighted by molar-refractivity contribution is 6.65. The fourth-order valence-corrected chi connectivity index (χ4v) is 2.27. The van der Waals surface area contributed by atoms with Crippen LogP contribution >= 0.6 is 0 Å². The van der Waals surface area contributed by atoms with Gasteiger partial charge in [0.1, 0.15) is 0 Å². The molecule has 100 valence electrons. The van der Waals surface area contributed by atoms with Crippen molar-refractivity contribution in [1.82, 2.24) is 10.2 Å². The normalized spacial score (nSPS) is 21.2. The average molecular weight is 259 g/mol. The number of nitrogens with one attached hydrogen (secondary N) is 1. The number of hydrogen-bond acceptors (Lipinski definition) is 4. The third-order valence-electron chi connectivity index (χ3n) is 4.12. The van der Waals surface area contributed by atoms with Gasteiger partial charge in [0.2, 0.25) is 0 Å². The van der Waals surface area contributed by atoms with Crippen LogP contribution in [0.5, 0.6) is 0 Å². The van der Waals surface area contributed by atoms with Crippen molar-refractivity contribution in [3.63, 3.8) is 0 Å². The summed E-state index contributed by atoms with van der Waals surface area (Å²) >= 11 is 0. The highest BCUT2D eigenvalue weighted by Gasteiger charge is 2.52. The number of nitrogen functional groups attached to an aromatic ring is 1. The van der Waals surface area contributed by atoms with E-state index in [2.05, 4.69) is 10.2 Å². The predicted molar refractivity (Wildman–Crippen MR) is 76.2 cm³/mol. The van der Waals surface area contributed by atoms with Crippen LogP contribution in [0.15, 0.2) is 18.3 Å². The van der Waals surface area contributed by atoms with Crippen LogP contribution in [0.3, 0.4) is 0 Å². The molecule has 1 aliphatic heterocycles. The first-order valence-electron chi connectivity index (χ1n) is 6.38. The Hall–Kier alpha value is -1.53. The molecule has 1 aromatic heterocycles. The lowest BCUT2D eigenvalue weighted by atomic mass is 9.77. The van der Waals surface area contributed by atoms with Crippen molar-refractivity contribution in [3.05, 3.63) is 18.3 Å². The first-order chi connectivity index (χ1) is 8.80. The first-order valence-corrected chi connectivity index (χ1v) is 6.38. The van der Waals surface area contributed by atoms with Crippen LogP contribution in [0.2, 0.25) is 0 Å². The van der Waals surface area contributed by atoms with Gasteiger partial charge in [0.25, 0.3) is 0 Å². The summed E-state index contributed by atoms with van der Waals surface area (Å²) in [6.07, 6.45) is 1.77. The van der Waals surface area contributed by atoms with Crippen LogP contribution in [0, 0.1) is 0 Å². The number of fused-ring (bicyclic) bond motifs is 1. The largest absolute Gasteiger partial charge is 0.495 e. The quantitative estimate of drug-likeness (QED) is 0.600. The minimum atomic E-state index is -0.423. The second-order valence-corrected chi connectivity index (χ2v) is 6.03.